The first-order valence-electron chi connectivity index (χ1n) is 10.6. The first-order valence-corrected chi connectivity index (χ1v) is 11.6. The predicted octanol–water partition coefficient (Wildman–Crippen LogP) is 3.48. The molecule has 6 nitrogen and oxygen atoms in total. The number of amides is 1. The number of carbonyl (C=O) groups is 1. The second-order valence-electron chi connectivity index (χ2n) is 8.47. The van der Waals surface area contributed by atoms with E-state index < -0.39 is 0 Å². The van der Waals surface area contributed by atoms with E-state index in [1.54, 1.807) is 0 Å². The summed E-state index contributed by atoms with van der Waals surface area (Å²) in [6, 6.07) is 9.49. The number of aromatic nitrogens is 3. The lowest BCUT2D eigenvalue weighted by Gasteiger charge is -2.34. The summed E-state index contributed by atoms with van der Waals surface area (Å²) in [5.41, 5.74) is 2.73. The van der Waals surface area contributed by atoms with Gasteiger partial charge in [0.15, 0.2) is 5.16 Å². The molecular weight excluding hydrogens is 382 g/mol. The van der Waals surface area contributed by atoms with Gasteiger partial charge in [-0.15, -0.1) is 10.2 Å². The first kappa shape index (κ1) is 20.4. The van der Waals surface area contributed by atoms with Gasteiger partial charge in [0.1, 0.15) is 5.82 Å². The topological polar surface area (TPSA) is 54.3 Å². The highest BCUT2D eigenvalue weighted by atomic mass is 32.2. The van der Waals surface area contributed by atoms with Crippen LogP contribution in [0.5, 0.6) is 0 Å². The van der Waals surface area contributed by atoms with Crippen LogP contribution in [-0.4, -0.2) is 62.4 Å². The fourth-order valence-corrected chi connectivity index (χ4v) is 4.79. The molecule has 0 atom stereocenters. The van der Waals surface area contributed by atoms with Crippen LogP contribution >= 0.6 is 11.8 Å². The lowest BCUT2D eigenvalue weighted by atomic mass is 10.0. The number of rotatable bonds is 7. The number of hydrogen-bond acceptors (Lipinski definition) is 5. The second-order valence-corrected chi connectivity index (χ2v) is 9.42. The van der Waals surface area contributed by atoms with Crippen LogP contribution < -0.4 is 0 Å². The van der Waals surface area contributed by atoms with E-state index in [1.165, 1.54) is 35.7 Å². The lowest BCUT2D eigenvalue weighted by Crippen LogP contribution is -2.48. The molecule has 2 heterocycles. The zero-order valence-electron chi connectivity index (χ0n) is 17.7. The number of nitrogens with zero attached hydrogens (tertiary/aromatic N) is 5. The van der Waals surface area contributed by atoms with Crippen LogP contribution in [0.1, 0.15) is 55.6 Å². The van der Waals surface area contributed by atoms with Crippen LogP contribution in [0.3, 0.4) is 0 Å². The van der Waals surface area contributed by atoms with Crippen molar-refractivity contribution in [2.45, 2.75) is 57.3 Å². The fraction of sp³-hybridized carbons (Fsp3) is 0.591. The molecule has 0 N–H and O–H groups in total. The van der Waals surface area contributed by atoms with E-state index in [2.05, 4.69) is 57.8 Å². The maximum Gasteiger partial charge on any atom is 0.233 e. The molecule has 1 amide bonds. The van der Waals surface area contributed by atoms with Gasteiger partial charge in [-0.05, 0) is 36.8 Å². The molecule has 1 aliphatic heterocycles. The third kappa shape index (κ3) is 5.01. The molecule has 1 aromatic carbocycles. The third-order valence-electron chi connectivity index (χ3n) is 5.85. The average molecular weight is 414 g/mol. The zero-order valence-corrected chi connectivity index (χ0v) is 18.5. The largest absolute Gasteiger partial charge is 0.339 e. The van der Waals surface area contributed by atoms with Gasteiger partial charge >= 0.3 is 0 Å². The van der Waals surface area contributed by atoms with E-state index in [1.807, 2.05) is 11.8 Å². The van der Waals surface area contributed by atoms with Crippen molar-refractivity contribution in [3.05, 3.63) is 41.2 Å². The summed E-state index contributed by atoms with van der Waals surface area (Å²) in [5.74, 6) is 2.18. The molecule has 2 aliphatic rings. The molecule has 4 rings (SSSR count). The minimum Gasteiger partial charge on any atom is -0.339 e. The Bertz CT molecular complexity index is 835. The van der Waals surface area contributed by atoms with Gasteiger partial charge in [-0.25, -0.2) is 0 Å². The first-order chi connectivity index (χ1) is 14.0. The van der Waals surface area contributed by atoms with Crippen molar-refractivity contribution in [2.24, 2.45) is 0 Å². The van der Waals surface area contributed by atoms with E-state index in [4.69, 9.17) is 0 Å². The van der Waals surface area contributed by atoms with E-state index in [0.29, 0.717) is 17.7 Å². The molecule has 7 heteroatoms. The third-order valence-corrected chi connectivity index (χ3v) is 6.78. The van der Waals surface area contributed by atoms with E-state index in [-0.39, 0.29) is 5.91 Å². The molecular formula is C22H31N5OS. The van der Waals surface area contributed by atoms with Gasteiger partial charge in [-0.2, -0.15) is 0 Å². The zero-order chi connectivity index (χ0) is 20.4. The summed E-state index contributed by atoms with van der Waals surface area (Å²) < 4.78 is 2.19. The maximum atomic E-state index is 12.7. The van der Waals surface area contributed by atoms with Crippen molar-refractivity contribution in [3.8, 4) is 0 Å². The molecule has 0 radical (unpaired) electrons. The van der Waals surface area contributed by atoms with Gasteiger partial charge < -0.3 is 9.47 Å². The number of benzene rings is 1. The van der Waals surface area contributed by atoms with Crippen molar-refractivity contribution in [3.63, 3.8) is 0 Å². The fourth-order valence-electron chi connectivity index (χ4n) is 3.84. The van der Waals surface area contributed by atoms with Crippen molar-refractivity contribution in [1.82, 2.24) is 24.6 Å². The van der Waals surface area contributed by atoms with Crippen LogP contribution in [0.15, 0.2) is 29.4 Å². The Balaban J connectivity index is 1.23. The lowest BCUT2D eigenvalue weighted by molar-refractivity contribution is -0.130. The molecule has 29 heavy (non-hydrogen) atoms. The molecule has 0 unspecified atom stereocenters. The SMILES string of the molecule is Cc1nnc(SCC(=O)N2CCN(Cc3ccc(C(C)C)cc3)CC2)n1C1CC1. The van der Waals surface area contributed by atoms with Gasteiger partial charge in [0.05, 0.1) is 5.75 Å². The van der Waals surface area contributed by atoms with Crippen molar-refractivity contribution in [1.29, 1.82) is 0 Å². The molecule has 1 saturated carbocycles. The van der Waals surface area contributed by atoms with Crippen LogP contribution in [0.4, 0.5) is 0 Å². The van der Waals surface area contributed by atoms with Crippen LogP contribution in [0.25, 0.3) is 0 Å². The number of thioether (sulfide) groups is 1. The van der Waals surface area contributed by atoms with Gasteiger partial charge in [0, 0.05) is 38.8 Å². The summed E-state index contributed by atoms with van der Waals surface area (Å²) >= 11 is 1.53. The standard InChI is InChI=1S/C22H31N5OS/c1-16(2)19-6-4-18(5-7-19)14-25-10-12-26(13-11-25)21(28)15-29-22-24-23-17(3)27(22)20-8-9-20/h4-7,16,20H,8-15H2,1-3H3. The number of carbonyl (C=O) groups excluding carboxylic acids is 1. The molecule has 0 spiro atoms. The van der Waals surface area contributed by atoms with E-state index >= 15 is 0 Å². The highest BCUT2D eigenvalue weighted by Crippen LogP contribution is 2.38. The van der Waals surface area contributed by atoms with Gasteiger partial charge in [0.2, 0.25) is 5.91 Å². The van der Waals surface area contributed by atoms with Gasteiger partial charge in [-0.1, -0.05) is 49.9 Å². The summed E-state index contributed by atoms with van der Waals surface area (Å²) in [7, 11) is 0. The normalized spacial score (nSPS) is 17.9. The minimum atomic E-state index is 0.207. The molecule has 0 bridgehead atoms. The van der Waals surface area contributed by atoms with E-state index in [0.717, 1.165) is 43.7 Å². The summed E-state index contributed by atoms with van der Waals surface area (Å²) in [6.07, 6.45) is 2.39. The summed E-state index contributed by atoms with van der Waals surface area (Å²) in [5, 5.41) is 9.35. The molecule has 1 saturated heterocycles. The Morgan fingerprint density at radius 1 is 1.10 bits per heavy atom. The van der Waals surface area contributed by atoms with Crippen molar-refractivity contribution < 1.29 is 4.79 Å². The Morgan fingerprint density at radius 3 is 2.41 bits per heavy atom. The molecule has 156 valence electrons. The Kier molecular flexibility index (Phi) is 6.25. The van der Waals surface area contributed by atoms with Crippen LogP contribution in [0.2, 0.25) is 0 Å². The maximum absolute atomic E-state index is 12.7. The Labute approximate surface area is 177 Å². The van der Waals surface area contributed by atoms with Crippen LogP contribution in [-0.2, 0) is 11.3 Å². The average Bonchev–Trinajstić information content (AvgIpc) is 3.49. The number of piperazine rings is 1. The number of hydrogen-bond donors (Lipinski definition) is 0. The molecule has 2 aromatic rings. The van der Waals surface area contributed by atoms with E-state index in [9.17, 15) is 4.79 Å². The van der Waals surface area contributed by atoms with Crippen molar-refractivity contribution in [2.75, 3.05) is 31.9 Å². The van der Waals surface area contributed by atoms with Gasteiger partial charge in [0.25, 0.3) is 0 Å². The second kappa shape index (κ2) is 8.88. The number of aryl methyl sites for hydroxylation is 1. The van der Waals surface area contributed by atoms with Gasteiger partial charge in [-0.3, -0.25) is 9.69 Å². The summed E-state index contributed by atoms with van der Waals surface area (Å²) in [6.45, 7) is 10.9. The highest BCUT2D eigenvalue weighted by molar-refractivity contribution is 7.99. The molecule has 2 fully saturated rings. The van der Waals surface area contributed by atoms with Crippen LogP contribution in [0, 0.1) is 6.92 Å². The minimum absolute atomic E-state index is 0.207. The quantitative estimate of drug-likeness (QED) is 0.651. The Hall–Kier alpha value is -1.86. The molecule has 1 aliphatic carbocycles. The smallest absolute Gasteiger partial charge is 0.233 e. The Morgan fingerprint density at radius 2 is 1.79 bits per heavy atom. The summed E-state index contributed by atoms with van der Waals surface area (Å²) in [4.78, 5) is 17.1. The monoisotopic (exact) mass is 413 g/mol. The highest BCUT2D eigenvalue weighted by Gasteiger charge is 2.29. The molecule has 1 aromatic heterocycles. The van der Waals surface area contributed by atoms with Crippen molar-refractivity contribution >= 4 is 17.7 Å². The predicted molar refractivity (Wildman–Crippen MR) is 116 cm³/mol.